The predicted molar refractivity (Wildman–Crippen MR) is 61.6 cm³/mol. The smallest absolute Gasteiger partial charge is 0.328 e. The van der Waals surface area contributed by atoms with Gasteiger partial charge in [-0.1, -0.05) is 11.6 Å². The van der Waals surface area contributed by atoms with Gasteiger partial charge < -0.3 is 20.4 Å². The number of nitrogens with one attached hydrogen (secondary N) is 1. The number of amides is 2. The fraction of sp³-hybridized carbons (Fsp3) is 0.636. The summed E-state index contributed by atoms with van der Waals surface area (Å²) >= 11 is 0. The average molecular weight is 242 g/mol. The lowest BCUT2D eigenvalue weighted by atomic mass is 10.1. The van der Waals surface area contributed by atoms with E-state index in [1.165, 1.54) is 17.4 Å². The zero-order chi connectivity index (χ0) is 13.0. The Bertz CT molecular complexity index is 338. The maximum Gasteiger partial charge on any atom is 0.328 e. The Balaban J connectivity index is 2.56. The van der Waals surface area contributed by atoms with Gasteiger partial charge in [0.2, 0.25) is 0 Å². The summed E-state index contributed by atoms with van der Waals surface area (Å²) in [5, 5.41) is 20.4. The van der Waals surface area contributed by atoms with Gasteiger partial charge in [-0.2, -0.15) is 0 Å². The van der Waals surface area contributed by atoms with E-state index in [1.54, 1.807) is 0 Å². The number of carbonyl (C=O) groups excluding carboxylic acids is 1. The molecule has 0 aliphatic carbocycles. The van der Waals surface area contributed by atoms with Gasteiger partial charge in [-0.25, -0.2) is 9.59 Å². The molecule has 1 aliphatic heterocycles. The van der Waals surface area contributed by atoms with Crippen molar-refractivity contribution in [2.45, 2.75) is 32.4 Å². The molecule has 1 aliphatic rings. The predicted octanol–water partition coefficient (Wildman–Crippen LogP) is 0.182. The molecule has 17 heavy (non-hydrogen) atoms. The third-order valence-electron chi connectivity index (χ3n) is 2.75. The van der Waals surface area contributed by atoms with Crippen LogP contribution in [0.3, 0.4) is 0 Å². The van der Waals surface area contributed by atoms with Crippen LogP contribution < -0.4 is 5.32 Å². The quantitative estimate of drug-likeness (QED) is 0.616. The van der Waals surface area contributed by atoms with Crippen molar-refractivity contribution in [3.63, 3.8) is 0 Å². The third kappa shape index (κ3) is 3.74. The third-order valence-corrected chi connectivity index (χ3v) is 2.75. The second kappa shape index (κ2) is 5.67. The highest BCUT2D eigenvalue weighted by Crippen LogP contribution is 2.09. The van der Waals surface area contributed by atoms with Gasteiger partial charge in [0.05, 0.1) is 6.10 Å². The maximum absolute atomic E-state index is 11.7. The summed E-state index contributed by atoms with van der Waals surface area (Å²) in [7, 11) is 0. The summed E-state index contributed by atoms with van der Waals surface area (Å²) in [5.74, 6) is -1.24. The summed E-state index contributed by atoms with van der Waals surface area (Å²) < 4.78 is 0. The summed E-state index contributed by atoms with van der Waals surface area (Å²) in [4.78, 5) is 24.1. The fourth-order valence-electron chi connectivity index (χ4n) is 1.57. The second-order valence-corrected chi connectivity index (χ2v) is 4.25. The molecular formula is C11H18N2O4. The van der Waals surface area contributed by atoms with E-state index in [2.05, 4.69) is 5.32 Å². The highest BCUT2D eigenvalue weighted by Gasteiger charge is 2.27. The van der Waals surface area contributed by atoms with Gasteiger partial charge >= 0.3 is 12.0 Å². The van der Waals surface area contributed by atoms with Crippen LogP contribution in [0, 0.1) is 0 Å². The van der Waals surface area contributed by atoms with E-state index in [0.29, 0.717) is 13.1 Å². The van der Waals surface area contributed by atoms with Crippen molar-refractivity contribution in [1.29, 1.82) is 0 Å². The molecular weight excluding hydrogens is 224 g/mol. The average Bonchev–Trinajstić information content (AvgIpc) is 2.25. The molecule has 2 unspecified atom stereocenters. The fourth-order valence-corrected chi connectivity index (χ4v) is 1.57. The minimum atomic E-state index is -1.27. The van der Waals surface area contributed by atoms with Gasteiger partial charge in [0.15, 0.2) is 6.04 Å². The molecule has 0 aromatic rings. The van der Waals surface area contributed by atoms with Gasteiger partial charge in [-0.05, 0) is 20.3 Å². The Kier molecular flexibility index (Phi) is 4.51. The minimum absolute atomic E-state index is 0.456. The lowest BCUT2D eigenvalue weighted by molar-refractivity contribution is -0.141. The number of aliphatic carboxylic acids is 1. The molecule has 3 N–H and O–H groups in total. The Morgan fingerprint density at radius 1 is 1.53 bits per heavy atom. The number of hydrogen-bond acceptors (Lipinski definition) is 3. The van der Waals surface area contributed by atoms with E-state index in [9.17, 15) is 14.7 Å². The Hall–Kier alpha value is -1.56. The summed E-state index contributed by atoms with van der Waals surface area (Å²) in [5.41, 5.74) is 1.22. The van der Waals surface area contributed by atoms with E-state index in [4.69, 9.17) is 5.11 Å². The number of hydrogen-bond donors (Lipinski definition) is 3. The first-order valence-electron chi connectivity index (χ1n) is 5.53. The van der Waals surface area contributed by atoms with Crippen LogP contribution in [0.2, 0.25) is 0 Å². The lowest BCUT2D eigenvalue weighted by Gasteiger charge is -2.28. The minimum Gasteiger partial charge on any atom is -0.480 e. The second-order valence-electron chi connectivity index (χ2n) is 4.25. The SMILES string of the molecule is CC1=CCN(C(=O)NC(C(=O)O)C(C)O)CC1. The van der Waals surface area contributed by atoms with Gasteiger partial charge in [0.1, 0.15) is 0 Å². The molecule has 0 aromatic carbocycles. The number of rotatable bonds is 3. The first-order chi connectivity index (χ1) is 7.91. The maximum atomic E-state index is 11.7. The molecule has 0 aromatic heterocycles. The van der Waals surface area contributed by atoms with Crippen LogP contribution in [-0.2, 0) is 4.79 Å². The highest BCUT2D eigenvalue weighted by atomic mass is 16.4. The number of aliphatic hydroxyl groups is 1. The van der Waals surface area contributed by atoms with Crippen LogP contribution in [0.4, 0.5) is 4.79 Å². The van der Waals surface area contributed by atoms with Crippen LogP contribution in [0.25, 0.3) is 0 Å². The molecule has 96 valence electrons. The first kappa shape index (κ1) is 13.5. The molecule has 0 saturated carbocycles. The van der Waals surface area contributed by atoms with E-state index in [1.807, 2.05) is 13.0 Å². The number of carbonyl (C=O) groups is 2. The normalized spacial score (nSPS) is 19.2. The number of urea groups is 1. The standard InChI is InChI=1S/C11H18N2O4/c1-7-3-5-13(6-4-7)11(17)12-9(8(2)14)10(15)16/h3,8-9,14H,4-6H2,1-2H3,(H,12,17)(H,15,16). The first-order valence-corrected chi connectivity index (χ1v) is 5.53. The molecule has 0 spiro atoms. The van der Waals surface area contributed by atoms with Crippen molar-refractivity contribution in [2.24, 2.45) is 0 Å². The molecule has 2 atom stereocenters. The molecule has 2 amide bonds. The van der Waals surface area contributed by atoms with Crippen molar-refractivity contribution in [2.75, 3.05) is 13.1 Å². The van der Waals surface area contributed by atoms with Crippen LogP contribution in [0.1, 0.15) is 20.3 Å². The van der Waals surface area contributed by atoms with Crippen LogP contribution in [0.15, 0.2) is 11.6 Å². The van der Waals surface area contributed by atoms with Gasteiger partial charge in [-0.3, -0.25) is 0 Å². The van der Waals surface area contributed by atoms with Gasteiger partial charge in [0, 0.05) is 13.1 Å². The van der Waals surface area contributed by atoms with Crippen molar-refractivity contribution in [1.82, 2.24) is 10.2 Å². The zero-order valence-electron chi connectivity index (χ0n) is 10.0. The molecule has 0 fully saturated rings. The number of carboxylic acid groups (broad SMARTS) is 1. The van der Waals surface area contributed by atoms with Gasteiger partial charge in [-0.15, -0.1) is 0 Å². The summed E-state index contributed by atoms with van der Waals surface area (Å²) in [6.45, 7) is 4.37. The van der Waals surface area contributed by atoms with Crippen molar-refractivity contribution < 1.29 is 19.8 Å². The van der Waals surface area contributed by atoms with E-state index >= 15 is 0 Å². The molecule has 0 bridgehead atoms. The Morgan fingerprint density at radius 2 is 2.18 bits per heavy atom. The van der Waals surface area contributed by atoms with E-state index in [0.717, 1.165) is 6.42 Å². The van der Waals surface area contributed by atoms with Crippen molar-refractivity contribution in [3.8, 4) is 0 Å². The molecule has 6 heteroatoms. The molecule has 0 saturated heterocycles. The molecule has 1 rings (SSSR count). The Labute approximate surface area is 99.9 Å². The molecule has 6 nitrogen and oxygen atoms in total. The van der Waals surface area contributed by atoms with Crippen LogP contribution in [0.5, 0.6) is 0 Å². The van der Waals surface area contributed by atoms with Crippen LogP contribution >= 0.6 is 0 Å². The van der Waals surface area contributed by atoms with Crippen molar-refractivity contribution >= 4 is 12.0 Å². The monoisotopic (exact) mass is 242 g/mol. The van der Waals surface area contributed by atoms with Crippen LogP contribution in [-0.4, -0.2) is 52.3 Å². The summed E-state index contributed by atoms with van der Waals surface area (Å²) in [6, 6.07) is -1.73. The van der Waals surface area contributed by atoms with E-state index < -0.39 is 24.1 Å². The molecule has 0 radical (unpaired) electrons. The number of carboxylic acids is 1. The summed E-state index contributed by atoms with van der Waals surface area (Å²) in [6.07, 6.45) is 1.60. The Morgan fingerprint density at radius 3 is 2.59 bits per heavy atom. The largest absolute Gasteiger partial charge is 0.480 e. The number of nitrogens with zero attached hydrogens (tertiary/aromatic N) is 1. The van der Waals surface area contributed by atoms with Crippen molar-refractivity contribution in [3.05, 3.63) is 11.6 Å². The zero-order valence-corrected chi connectivity index (χ0v) is 10.0. The highest BCUT2D eigenvalue weighted by molar-refractivity contribution is 5.83. The number of aliphatic hydroxyl groups excluding tert-OH is 1. The topological polar surface area (TPSA) is 89.9 Å². The van der Waals surface area contributed by atoms with E-state index in [-0.39, 0.29) is 0 Å². The van der Waals surface area contributed by atoms with Gasteiger partial charge in [0.25, 0.3) is 0 Å². The lowest BCUT2D eigenvalue weighted by Crippen LogP contribution is -2.53. The molecule has 1 heterocycles.